The summed E-state index contributed by atoms with van der Waals surface area (Å²) in [7, 11) is 0. The maximum Gasteiger partial charge on any atom is 0.339 e. The van der Waals surface area contributed by atoms with E-state index in [0.29, 0.717) is 25.6 Å². The van der Waals surface area contributed by atoms with Crippen LogP contribution in [0.5, 0.6) is 0 Å². The summed E-state index contributed by atoms with van der Waals surface area (Å²) in [5.41, 5.74) is 0.192. The van der Waals surface area contributed by atoms with E-state index >= 15 is 0 Å². The number of hydrogen-bond donors (Lipinski definition) is 1. The summed E-state index contributed by atoms with van der Waals surface area (Å²) in [6.45, 7) is 2.70. The van der Waals surface area contributed by atoms with E-state index in [0.717, 1.165) is 13.0 Å². The third kappa shape index (κ3) is 2.27. The molecule has 0 spiro atoms. The van der Waals surface area contributed by atoms with Crippen LogP contribution in [0.25, 0.3) is 0 Å². The van der Waals surface area contributed by atoms with Crippen molar-refractivity contribution in [3.8, 4) is 0 Å². The molecule has 0 bridgehead atoms. The van der Waals surface area contributed by atoms with Gasteiger partial charge in [0.1, 0.15) is 5.56 Å². The summed E-state index contributed by atoms with van der Waals surface area (Å²) in [6, 6.07) is 1.47. The molecule has 0 aliphatic carbocycles. The maximum atomic E-state index is 11.0. The van der Waals surface area contributed by atoms with E-state index in [1.165, 1.54) is 12.3 Å². The van der Waals surface area contributed by atoms with Crippen molar-refractivity contribution in [1.29, 1.82) is 0 Å². The van der Waals surface area contributed by atoms with Gasteiger partial charge in [-0.25, -0.2) is 4.79 Å². The second kappa shape index (κ2) is 4.89. The number of nitrogens with zero attached hydrogens (tertiary/aromatic N) is 3. The van der Waals surface area contributed by atoms with Gasteiger partial charge in [0.25, 0.3) is 0 Å². The van der Waals surface area contributed by atoms with Gasteiger partial charge in [0.05, 0.1) is 12.8 Å². The van der Waals surface area contributed by atoms with E-state index in [2.05, 4.69) is 10.2 Å². The number of carbonyl (C=O) groups is 1. The Labute approximate surface area is 92.9 Å². The van der Waals surface area contributed by atoms with Crippen molar-refractivity contribution in [1.82, 2.24) is 10.2 Å². The van der Waals surface area contributed by atoms with Crippen LogP contribution in [0.15, 0.2) is 12.3 Å². The van der Waals surface area contributed by atoms with Crippen LogP contribution in [0.1, 0.15) is 16.8 Å². The first-order valence-electron chi connectivity index (χ1n) is 5.16. The number of carboxylic acids is 1. The summed E-state index contributed by atoms with van der Waals surface area (Å²) >= 11 is 0. The number of aromatic nitrogens is 2. The predicted molar refractivity (Wildman–Crippen MR) is 56.6 cm³/mol. The van der Waals surface area contributed by atoms with Crippen molar-refractivity contribution in [2.75, 3.05) is 31.2 Å². The Kier molecular flexibility index (Phi) is 3.31. The molecule has 2 heterocycles. The van der Waals surface area contributed by atoms with Crippen LogP contribution >= 0.6 is 0 Å². The Morgan fingerprint density at radius 3 is 3.12 bits per heavy atom. The number of aromatic carboxylic acids is 1. The molecule has 0 aromatic carbocycles. The number of hydrogen-bond acceptors (Lipinski definition) is 5. The van der Waals surface area contributed by atoms with Crippen molar-refractivity contribution >= 4 is 11.8 Å². The lowest BCUT2D eigenvalue weighted by molar-refractivity contribution is 0.0697. The van der Waals surface area contributed by atoms with E-state index in [1.54, 1.807) is 0 Å². The molecular formula is C10H13N3O3. The molecule has 1 aliphatic heterocycles. The third-order valence-electron chi connectivity index (χ3n) is 2.45. The fourth-order valence-electron chi connectivity index (χ4n) is 1.68. The Hall–Kier alpha value is -1.69. The number of carboxylic acid groups (broad SMARTS) is 1. The van der Waals surface area contributed by atoms with Gasteiger partial charge in [0, 0.05) is 19.7 Å². The largest absolute Gasteiger partial charge is 0.478 e. The summed E-state index contributed by atoms with van der Waals surface area (Å²) in [5, 5.41) is 16.7. The van der Waals surface area contributed by atoms with Crippen LogP contribution in [0.3, 0.4) is 0 Å². The van der Waals surface area contributed by atoms with Gasteiger partial charge < -0.3 is 14.7 Å². The zero-order valence-corrected chi connectivity index (χ0v) is 8.80. The smallest absolute Gasteiger partial charge is 0.339 e. The van der Waals surface area contributed by atoms with Gasteiger partial charge in [-0.2, -0.15) is 5.10 Å². The molecule has 86 valence electrons. The van der Waals surface area contributed by atoms with Crippen LogP contribution in [0.4, 0.5) is 5.82 Å². The molecule has 2 rings (SSSR count). The van der Waals surface area contributed by atoms with Crippen LogP contribution in [0.2, 0.25) is 0 Å². The molecule has 0 unspecified atom stereocenters. The quantitative estimate of drug-likeness (QED) is 0.782. The molecule has 0 radical (unpaired) electrons. The van der Waals surface area contributed by atoms with Crippen LogP contribution < -0.4 is 4.90 Å². The van der Waals surface area contributed by atoms with Crippen molar-refractivity contribution in [2.24, 2.45) is 0 Å². The van der Waals surface area contributed by atoms with Crippen LogP contribution in [-0.2, 0) is 4.74 Å². The van der Waals surface area contributed by atoms with E-state index in [-0.39, 0.29) is 5.56 Å². The second-order valence-corrected chi connectivity index (χ2v) is 3.53. The average molecular weight is 223 g/mol. The molecule has 1 fully saturated rings. The topological polar surface area (TPSA) is 75.5 Å². The zero-order chi connectivity index (χ0) is 11.4. The van der Waals surface area contributed by atoms with Crippen molar-refractivity contribution < 1.29 is 14.6 Å². The molecule has 0 amide bonds. The highest BCUT2D eigenvalue weighted by Gasteiger charge is 2.18. The molecule has 1 aliphatic rings. The lowest BCUT2D eigenvalue weighted by Crippen LogP contribution is -2.29. The Bertz CT molecular complexity index is 375. The lowest BCUT2D eigenvalue weighted by atomic mass is 10.2. The van der Waals surface area contributed by atoms with E-state index in [1.807, 2.05) is 4.90 Å². The summed E-state index contributed by atoms with van der Waals surface area (Å²) < 4.78 is 5.31. The van der Waals surface area contributed by atoms with Gasteiger partial charge in [-0.15, -0.1) is 5.10 Å². The van der Waals surface area contributed by atoms with Gasteiger partial charge >= 0.3 is 5.97 Å². The maximum absolute atomic E-state index is 11.0. The van der Waals surface area contributed by atoms with Gasteiger partial charge in [-0.1, -0.05) is 0 Å². The molecule has 0 atom stereocenters. The molecule has 1 N–H and O–H groups in total. The van der Waals surface area contributed by atoms with E-state index in [9.17, 15) is 4.79 Å². The summed E-state index contributed by atoms with van der Waals surface area (Å²) in [4.78, 5) is 12.9. The summed E-state index contributed by atoms with van der Waals surface area (Å²) in [6.07, 6.45) is 2.26. The fourth-order valence-corrected chi connectivity index (χ4v) is 1.68. The summed E-state index contributed by atoms with van der Waals surface area (Å²) in [5.74, 6) is -0.546. The molecule has 1 saturated heterocycles. The highest BCUT2D eigenvalue weighted by Crippen LogP contribution is 2.17. The monoisotopic (exact) mass is 223 g/mol. The molecular weight excluding hydrogens is 210 g/mol. The molecule has 0 saturated carbocycles. The van der Waals surface area contributed by atoms with Crippen LogP contribution in [0, 0.1) is 0 Å². The number of anilines is 1. The van der Waals surface area contributed by atoms with Gasteiger partial charge in [0.15, 0.2) is 5.82 Å². The molecule has 6 nitrogen and oxygen atoms in total. The average Bonchev–Trinajstić information content (AvgIpc) is 2.57. The highest BCUT2D eigenvalue weighted by molar-refractivity contribution is 5.93. The second-order valence-electron chi connectivity index (χ2n) is 3.53. The van der Waals surface area contributed by atoms with Gasteiger partial charge in [0.2, 0.25) is 0 Å². The lowest BCUT2D eigenvalue weighted by Gasteiger charge is -2.21. The fraction of sp³-hybridized carbons (Fsp3) is 0.500. The first-order valence-corrected chi connectivity index (χ1v) is 5.16. The van der Waals surface area contributed by atoms with Crippen molar-refractivity contribution in [3.05, 3.63) is 17.8 Å². The van der Waals surface area contributed by atoms with Crippen molar-refractivity contribution in [2.45, 2.75) is 6.42 Å². The minimum Gasteiger partial charge on any atom is -0.478 e. The normalized spacial score (nSPS) is 16.9. The Balaban J connectivity index is 2.27. The zero-order valence-electron chi connectivity index (χ0n) is 8.80. The van der Waals surface area contributed by atoms with E-state index in [4.69, 9.17) is 9.84 Å². The minimum atomic E-state index is -0.977. The van der Waals surface area contributed by atoms with Gasteiger partial charge in [-0.3, -0.25) is 0 Å². The SMILES string of the molecule is O=C(O)c1ccnnc1N1CCCOCC1. The van der Waals surface area contributed by atoms with Gasteiger partial charge in [-0.05, 0) is 12.5 Å². The number of ether oxygens (including phenoxy) is 1. The molecule has 1 aromatic heterocycles. The highest BCUT2D eigenvalue weighted by atomic mass is 16.5. The third-order valence-corrected chi connectivity index (χ3v) is 2.45. The first-order chi connectivity index (χ1) is 7.79. The molecule has 1 aromatic rings. The first kappa shape index (κ1) is 10.8. The van der Waals surface area contributed by atoms with Crippen molar-refractivity contribution in [3.63, 3.8) is 0 Å². The predicted octanol–water partition coefficient (Wildman–Crippen LogP) is 0.401. The van der Waals surface area contributed by atoms with E-state index < -0.39 is 5.97 Å². The molecule has 16 heavy (non-hydrogen) atoms. The standard InChI is InChI=1S/C10H13N3O3/c14-10(15)8-2-3-11-12-9(8)13-4-1-6-16-7-5-13/h2-3H,1,4-7H2,(H,14,15). The Morgan fingerprint density at radius 1 is 1.44 bits per heavy atom. The minimum absolute atomic E-state index is 0.192. The molecule has 6 heteroatoms. The Morgan fingerprint density at radius 2 is 2.31 bits per heavy atom. The number of rotatable bonds is 2. The van der Waals surface area contributed by atoms with Crippen LogP contribution in [-0.4, -0.2) is 47.6 Å².